The zero-order valence-electron chi connectivity index (χ0n) is 15.3. The molecule has 1 saturated carbocycles. The van der Waals surface area contributed by atoms with Crippen LogP contribution in [0.1, 0.15) is 41.6 Å². The van der Waals surface area contributed by atoms with Crippen molar-refractivity contribution in [3.63, 3.8) is 0 Å². The predicted octanol–water partition coefficient (Wildman–Crippen LogP) is 0.885. The quantitative estimate of drug-likeness (QED) is 0.447. The summed E-state index contributed by atoms with van der Waals surface area (Å²) in [4.78, 5) is 28.2. The van der Waals surface area contributed by atoms with Crippen molar-refractivity contribution >= 4 is 21.8 Å². The van der Waals surface area contributed by atoms with E-state index >= 15 is 0 Å². The number of carbonyl (C=O) groups excluding carboxylic acids is 2. The van der Waals surface area contributed by atoms with Crippen LogP contribution >= 0.6 is 0 Å². The number of hydrazine groups is 1. The van der Waals surface area contributed by atoms with E-state index in [1.807, 2.05) is 17.0 Å². The number of rotatable bonds is 4. The van der Waals surface area contributed by atoms with Crippen LogP contribution in [0.2, 0.25) is 0 Å². The summed E-state index contributed by atoms with van der Waals surface area (Å²) in [6, 6.07) is 7.08. The fraction of sp³-hybridized carbons (Fsp3) is 0.556. The number of hydrogen-bond donors (Lipinski definition) is 2. The molecule has 1 aromatic rings. The number of nitrogen functional groups attached to an aromatic ring is 1. The zero-order valence-corrected chi connectivity index (χ0v) is 16.1. The van der Waals surface area contributed by atoms with Gasteiger partial charge in [0.15, 0.2) is 9.84 Å². The van der Waals surface area contributed by atoms with Crippen molar-refractivity contribution in [1.82, 2.24) is 15.2 Å². The van der Waals surface area contributed by atoms with Gasteiger partial charge in [0.2, 0.25) is 0 Å². The lowest BCUT2D eigenvalue weighted by Crippen LogP contribution is -2.51. The lowest BCUT2D eigenvalue weighted by Gasteiger charge is -2.36. The Balaban J connectivity index is 1.73. The van der Waals surface area contributed by atoms with Crippen molar-refractivity contribution in [2.45, 2.75) is 38.3 Å². The molecule has 1 heterocycles. The van der Waals surface area contributed by atoms with E-state index in [9.17, 15) is 18.0 Å². The number of urea groups is 1. The van der Waals surface area contributed by atoms with Gasteiger partial charge in [-0.15, -0.1) is 0 Å². The predicted molar refractivity (Wildman–Crippen MR) is 102 cm³/mol. The minimum absolute atomic E-state index is 0.0279. The Bertz CT molecular complexity index is 774. The third kappa shape index (κ3) is 4.78. The zero-order chi connectivity index (χ0) is 19.4. The van der Waals surface area contributed by atoms with Gasteiger partial charge >= 0.3 is 6.03 Å². The van der Waals surface area contributed by atoms with Crippen molar-refractivity contribution in [3.05, 3.63) is 35.4 Å². The molecule has 8 nitrogen and oxygen atoms in total. The fourth-order valence-corrected chi connectivity index (χ4v) is 4.90. The van der Waals surface area contributed by atoms with E-state index in [0.29, 0.717) is 12.1 Å². The molecule has 1 aromatic carbocycles. The van der Waals surface area contributed by atoms with Crippen LogP contribution in [0.25, 0.3) is 0 Å². The highest BCUT2D eigenvalue weighted by molar-refractivity contribution is 7.91. The van der Waals surface area contributed by atoms with Crippen LogP contribution in [0, 0.1) is 0 Å². The molecule has 0 unspecified atom stereocenters. The number of nitrogens with zero attached hydrogens (tertiary/aromatic N) is 2. The largest absolute Gasteiger partial charge is 0.323 e. The first-order chi connectivity index (χ1) is 12.9. The highest BCUT2D eigenvalue weighted by Crippen LogP contribution is 2.26. The molecule has 2 aliphatic rings. The summed E-state index contributed by atoms with van der Waals surface area (Å²) >= 11 is 0. The highest BCUT2D eigenvalue weighted by atomic mass is 32.2. The molecule has 3 N–H and O–H groups in total. The molecule has 27 heavy (non-hydrogen) atoms. The molecule has 0 atom stereocenters. The van der Waals surface area contributed by atoms with Crippen LogP contribution in [0.5, 0.6) is 0 Å². The Hall–Kier alpha value is -2.13. The van der Waals surface area contributed by atoms with Gasteiger partial charge in [0.05, 0.1) is 11.5 Å². The maximum absolute atomic E-state index is 13.1. The van der Waals surface area contributed by atoms with Crippen LogP contribution in [0.4, 0.5) is 4.79 Å². The molecule has 0 radical (unpaired) electrons. The van der Waals surface area contributed by atoms with Gasteiger partial charge in [0.25, 0.3) is 5.91 Å². The molecule has 3 amide bonds. The summed E-state index contributed by atoms with van der Waals surface area (Å²) in [7, 11) is -3.03. The Morgan fingerprint density at radius 2 is 1.70 bits per heavy atom. The fourth-order valence-electron chi connectivity index (χ4n) is 3.70. The van der Waals surface area contributed by atoms with E-state index in [1.54, 1.807) is 17.0 Å². The molecule has 1 saturated heterocycles. The van der Waals surface area contributed by atoms with Crippen molar-refractivity contribution in [3.8, 4) is 0 Å². The maximum atomic E-state index is 13.1. The molecule has 1 aliphatic heterocycles. The monoisotopic (exact) mass is 394 g/mol. The number of hydrogen-bond acceptors (Lipinski definition) is 5. The van der Waals surface area contributed by atoms with Gasteiger partial charge in [-0.25, -0.2) is 19.1 Å². The first-order valence-corrected chi connectivity index (χ1v) is 11.1. The van der Waals surface area contributed by atoms with Gasteiger partial charge in [-0.3, -0.25) is 10.2 Å². The molecular weight excluding hydrogens is 368 g/mol. The lowest BCUT2D eigenvalue weighted by molar-refractivity contribution is 0.0953. The third-order valence-corrected chi connectivity index (χ3v) is 6.94. The summed E-state index contributed by atoms with van der Waals surface area (Å²) in [6.07, 6.45) is 4.12. The van der Waals surface area contributed by atoms with E-state index in [1.165, 1.54) is 0 Å². The van der Waals surface area contributed by atoms with Crippen molar-refractivity contribution in [2.75, 3.05) is 24.6 Å². The van der Waals surface area contributed by atoms with Crippen LogP contribution < -0.4 is 11.3 Å². The number of sulfone groups is 1. The first-order valence-electron chi connectivity index (χ1n) is 9.25. The minimum atomic E-state index is -3.03. The average molecular weight is 394 g/mol. The van der Waals surface area contributed by atoms with Crippen molar-refractivity contribution in [1.29, 1.82) is 0 Å². The normalized spacial score (nSPS) is 19.7. The van der Waals surface area contributed by atoms with Gasteiger partial charge in [-0.1, -0.05) is 25.0 Å². The van der Waals surface area contributed by atoms with E-state index in [-0.39, 0.29) is 42.6 Å². The van der Waals surface area contributed by atoms with Gasteiger partial charge in [-0.2, -0.15) is 0 Å². The lowest BCUT2D eigenvalue weighted by atomic mass is 10.1. The minimum Gasteiger partial charge on any atom is -0.323 e. The number of amides is 3. The van der Waals surface area contributed by atoms with Crippen LogP contribution in [0.15, 0.2) is 24.3 Å². The van der Waals surface area contributed by atoms with E-state index in [0.717, 1.165) is 31.2 Å². The number of nitrogens with one attached hydrogen (secondary N) is 1. The van der Waals surface area contributed by atoms with Gasteiger partial charge in [0, 0.05) is 31.2 Å². The van der Waals surface area contributed by atoms with Gasteiger partial charge in [0.1, 0.15) is 0 Å². The molecule has 2 fully saturated rings. The third-order valence-electron chi connectivity index (χ3n) is 5.33. The topological polar surface area (TPSA) is 113 Å². The Labute approximate surface area is 159 Å². The summed E-state index contributed by atoms with van der Waals surface area (Å²) in [6.45, 7) is 0.942. The second-order valence-electron chi connectivity index (χ2n) is 7.16. The molecule has 3 rings (SSSR count). The molecule has 1 aliphatic carbocycles. The Kier molecular flexibility index (Phi) is 6.01. The molecular formula is C18H26N4O4S. The second kappa shape index (κ2) is 8.26. The molecule has 0 spiro atoms. The van der Waals surface area contributed by atoms with E-state index < -0.39 is 9.84 Å². The van der Waals surface area contributed by atoms with E-state index in [2.05, 4.69) is 5.43 Å². The number of carbonyl (C=O) groups is 2. The average Bonchev–Trinajstić information content (AvgIpc) is 3.20. The summed E-state index contributed by atoms with van der Waals surface area (Å²) in [5.41, 5.74) is 3.48. The van der Waals surface area contributed by atoms with Gasteiger partial charge < -0.3 is 9.80 Å². The molecule has 148 valence electrons. The molecule has 9 heteroatoms. The van der Waals surface area contributed by atoms with Gasteiger partial charge in [-0.05, 0) is 30.5 Å². The summed E-state index contributed by atoms with van der Waals surface area (Å²) in [5.74, 6) is 4.84. The number of nitrogens with two attached hydrogens (primary N) is 1. The van der Waals surface area contributed by atoms with Crippen LogP contribution in [0.3, 0.4) is 0 Å². The van der Waals surface area contributed by atoms with Crippen LogP contribution in [-0.2, 0) is 16.4 Å². The summed E-state index contributed by atoms with van der Waals surface area (Å²) in [5, 5.41) is 0. The summed E-state index contributed by atoms with van der Waals surface area (Å²) < 4.78 is 23.3. The van der Waals surface area contributed by atoms with Crippen molar-refractivity contribution < 1.29 is 18.0 Å². The highest BCUT2D eigenvalue weighted by Gasteiger charge is 2.33. The van der Waals surface area contributed by atoms with Crippen molar-refractivity contribution in [2.24, 2.45) is 5.84 Å². The standard InChI is InChI=1S/C18H26N4O4S/c19-20-17(23)15-7-5-14(6-8-15)13-22(16-3-1-2-4-16)18(24)21-9-11-27(25,26)12-10-21/h5-8,16H,1-4,9-13,19H2,(H,20,23). The SMILES string of the molecule is NNC(=O)c1ccc(CN(C(=O)N2CCS(=O)(=O)CC2)C2CCCC2)cc1. The molecule has 0 aromatic heterocycles. The van der Waals surface area contributed by atoms with E-state index in [4.69, 9.17) is 5.84 Å². The molecule has 0 bridgehead atoms. The maximum Gasteiger partial charge on any atom is 0.320 e. The smallest absolute Gasteiger partial charge is 0.320 e. The van der Waals surface area contributed by atoms with Crippen LogP contribution in [-0.4, -0.2) is 60.8 Å². The Morgan fingerprint density at radius 3 is 2.26 bits per heavy atom. The second-order valence-corrected chi connectivity index (χ2v) is 9.46. The first kappa shape index (κ1) is 19.6. The Morgan fingerprint density at radius 1 is 1.11 bits per heavy atom. The number of benzene rings is 1.